The summed E-state index contributed by atoms with van der Waals surface area (Å²) in [6, 6.07) is 9.16. The third-order valence-corrected chi connectivity index (χ3v) is 5.02. The predicted molar refractivity (Wildman–Crippen MR) is 112 cm³/mol. The van der Waals surface area contributed by atoms with Crippen molar-refractivity contribution in [1.29, 1.82) is 0 Å². The van der Waals surface area contributed by atoms with Gasteiger partial charge in [0.1, 0.15) is 12.1 Å². The number of ether oxygens (including phenoxy) is 4. The number of hydroxylamine groups is 1. The Kier molecular flexibility index (Phi) is 8.58. The highest BCUT2D eigenvalue weighted by atomic mass is 16.7. The van der Waals surface area contributed by atoms with E-state index in [1.807, 2.05) is 30.3 Å². The highest BCUT2D eigenvalue weighted by Gasteiger charge is 2.46. The van der Waals surface area contributed by atoms with Crippen molar-refractivity contribution < 1.29 is 43.3 Å². The molecule has 1 amide bonds. The van der Waals surface area contributed by atoms with Gasteiger partial charge in [0.05, 0.1) is 25.9 Å². The first-order valence-electron chi connectivity index (χ1n) is 10.5. The number of hydrogen-bond acceptors (Lipinski definition) is 11. The van der Waals surface area contributed by atoms with Gasteiger partial charge < -0.3 is 29.4 Å². The van der Waals surface area contributed by atoms with E-state index in [0.29, 0.717) is 12.8 Å². The molecule has 180 valence electrons. The Balaban J connectivity index is 1.65. The van der Waals surface area contributed by atoms with Gasteiger partial charge in [-0.05, 0) is 25.3 Å². The van der Waals surface area contributed by atoms with Gasteiger partial charge in [-0.15, -0.1) is 0 Å². The molecule has 2 heterocycles. The van der Waals surface area contributed by atoms with Gasteiger partial charge in [0, 0.05) is 0 Å². The summed E-state index contributed by atoms with van der Waals surface area (Å²) < 4.78 is 20.5. The van der Waals surface area contributed by atoms with Crippen LogP contribution in [-0.2, 0) is 40.0 Å². The van der Waals surface area contributed by atoms with Crippen molar-refractivity contribution in [3.8, 4) is 0 Å². The third kappa shape index (κ3) is 6.63. The quantitative estimate of drug-likeness (QED) is 0.340. The van der Waals surface area contributed by atoms with Crippen LogP contribution in [0.15, 0.2) is 35.3 Å². The van der Waals surface area contributed by atoms with Crippen LogP contribution in [0.25, 0.3) is 0 Å². The molecule has 3 atom stereocenters. The molecule has 0 saturated carbocycles. The molecule has 1 aromatic carbocycles. The first-order chi connectivity index (χ1) is 16.0. The minimum absolute atomic E-state index is 0.0432. The number of carbonyl (C=O) groups excluding carboxylic acids is 3. The fourth-order valence-electron chi connectivity index (χ4n) is 3.27. The summed E-state index contributed by atoms with van der Waals surface area (Å²) in [5.74, 6) is -1.47. The number of benzene rings is 1. The van der Waals surface area contributed by atoms with E-state index in [4.69, 9.17) is 23.8 Å². The average Bonchev–Trinajstić information content (AvgIpc) is 3.34. The number of hydrogen-bond donors (Lipinski definition) is 3. The Morgan fingerprint density at radius 1 is 1.24 bits per heavy atom. The topological polar surface area (TPSA) is 154 Å². The number of amides is 1. The second-order valence-corrected chi connectivity index (χ2v) is 7.39. The van der Waals surface area contributed by atoms with E-state index in [1.165, 1.54) is 0 Å². The summed E-state index contributed by atoms with van der Waals surface area (Å²) in [7, 11) is 0. The molecule has 1 unspecified atom stereocenters. The monoisotopic (exact) mass is 465 g/mol. The summed E-state index contributed by atoms with van der Waals surface area (Å²) in [4.78, 5) is 45.5. The second kappa shape index (κ2) is 11.6. The maximum absolute atomic E-state index is 12.5. The molecule has 12 heteroatoms. The number of aliphatic imine (C=N–C) groups is 1. The van der Waals surface area contributed by atoms with Crippen LogP contribution in [-0.4, -0.2) is 73.3 Å². The molecule has 2 aliphatic heterocycles. The zero-order chi connectivity index (χ0) is 23.7. The third-order valence-electron chi connectivity index (χ3n) is 5.02. The summed E-state index contributed by atoms with van der Waals surface area (Å²) in [5, 5.41) is 12.1. The molecule has 1 saturated heterocycles. The van der Waals surface area contributed by atoms with E-state index in [9.17, 15) is 19.5 Å². The minimum Gasteiger partial charge on any atom is -0.463 e. The van der Waals surface area contributed by atoms with Gasteiger partial charge in [-0.1, -0.05) is 30.3 Å². The van der Waals surface area contributed by atoms with Crippen molar-refractivity contribution in [2.45, 2.75) is 44.2 Å². The van der Waals surface area contributed by atoms with Crippen molar-refractivity contribution in [2.24, 2.45) is 4.99 Å². The van der Waals surface area contributed by atoms with E-state index in [0.717, 1.165) is 5.56 Å². The number of rotatable bonds is 9. The van der Waals surface area contributed by atoms with Gasteiger partial charge in [0.2, 0.25) is 0 Å². The fraction of sp³-hybridized carbons (Fsp3) is 0.524. The van der Waals surface area contributed by atoms with Gasteiger partial charge in [-0.2, -0.15) is 0 Å². The average molecular weight is 465 g/mol. The molecule has 12 nitrogen and oxygen atoms in total. The number of alkyl carbamates (subject to hydrolysis) is 1. The number of esters is 2. The number of aliphatic hydroxyl groups excluding tert-OH is 1. The van der Waals surface area contributed by atoms with E-state index in [-0.39, 0.29) is 32.3 Å². The minimum atomic E-state index is -1.39. The Bertz CT molecular complexity index is 854. The van der Waals surface area contributed by atoms with Crippen LogP contribution >= 0.6 is 0 Å². The van der Waals surface area contributed by atoms with Crippen molar-refractivity contribution in [2.75, 3.05) is 26.4 Å². The smallest absolute Gasteiger partial charge is 0.408 e. The first kappa shape index (κ1) is 24.4. The van der Waals surface area contributed by atoms with Gasteiger partial charge in [0.25, 0.3) is 6.23 Å². The Morgan fingerprint density at radius 2 is 2.03 bits per heavy atom. The van der Waals surface area contributed by atoms with Crippen LogP contribution < -0.4 is 10.8 Å². The number of nitrogens with zero attached hydrogens (tertiary/aromatic N) is 1. The fourth-order valence-corrected chi connectivity index (χ4v) is 3.27. The SMILES string of the molecule is CCOC(=O)COC(=O)C1N=C([C@]2(NC(=O)OCc3ccccc3)CC[C@H](CO)OC2)NO1. The summed E-state index contributed by atoms with van der Waals surface area (Å²) >= 11 is 0. The van der Waals surface area contributed by atoms with Crippen molar-refractivity contribution in [3.05, 3.63) is 35.9 Å². The largest absolute Gasteiger partial charge is 0.463 e. The maximum Gasteiger partial charge on any atom is 0.408 e. The van der Waals surface area contributed by atoms with Gasteiger partial charge in [-0.3, -0.25) is 0 Å². The van der Waals surface area contributed by atoms with E-state index in [2.05, 4.69) is 15.8 Å². The molecule has 3 rings (SSSR count). The lowest BCUT2D eigenvalue weighted by atomic mass is 9.89. The molecule has 3 N–H and O–H groups in total. The molecular formula is C21H27N3O9. The van der Waals surface area contributed by atoms with Gasteiger partial charge in [-0.25, -0.2) is 29.7 Å². The molecule has 1 aromatic rings. The molecule has 1 fully saturated rings. The zero-order valence-corrected chi connectivity index (χ0v) is 18.2. The Morgan fingerprint density at radius 3 is 2.70 bits per heavy atom. The Labute approximate surface area is 190 Å². The maximum atomic E-state index is 12.5. The van der Waals surface area contributed by atoms with Crippen LogP contribution in [0.4, 0.5) is 4.79 Å². The molecule has 0 bridgehead atoms. The molecule has 0 radical (unpaired) electrons. The number of amidine groups is 1. The summed E-state index contributed by atoms with van der Waals surface area (Å²) in [6.07, 6.45) is -1.76. The molecule has 0 aromatic heterocycles. The van der Waals surface area contributed by atoms with Crippen LogP contribution in [0, 0.1) is 0 Å². The highest BCUT2D eigenvalue weighted by molar-refractivity contribution is 5.97. The lowest BCUT2D eigenvalue weighted by Crippen LogP contribution is -2.63. The number of nitrogens with one attached hydrogen (secondary N) is 2. The van der Waals surface area contributed by atoms with E-state index < -0.39 is 42.5 Å². The molecule has 0 spiro atoms. The van der Waals surface area contributed by atoms with Gasteiger partial charge >= 0.3 is 18.0 Å². The molecule has 33 heavy (non-hydrogen) atoms. The van der Waals surface area contributed by atoms with E-state index in [1.54, 1.807) is 6.92 Å². The van der Waals surface area contributed by atoms with Crippen LogP contribution in [0.2, 0.25) is 0 Å². The number of aliphatic hydroxyl groups is 1. The molecule has 0 aliphatic carbocycles. The van der Waals surface area contributed by atoms with Crippen LogP contribution in [0.5, 0.6) is 0 Å². The van der Waals surface area contributed by atoms with Crippen molar-refractivity contribution >= 4 is 23.9 Å². The van der Waals surface area contributed by atoms with E-state index >= 15 is 0 Å². The molecular weight excluding hydrogens is 438 g/mol. The van der Waals surface area contributed by atoms with Crippen LogP contribution in [0.1, 0.15) is 25.3 Å². The lowest BCUT2D eigenvalue weighted by molar-refractivity contribution is -0.166. The molecule has 2 aliphatic rings. The predicted octanol–water partition coefficient (Wildman–Crippen LogP) is 0.189. The Hall–Kier alpha value is -3.22. The summed E-state index contributed by atoms with van der Waals surface area (Å²) in [5.41, 5.74) is 2.17. The second-order valence-electron chi connectivity index (χ2n) is 7.39. The first-order valence-corrected chi connectivity index (χ1v) is 10.5. The lowest BCUT2D eigenvalue weighted by Gasteiger charge is -2.39. The number of carbonyl (C=O) groups is 3. The standard InChI is InChI=1S/C21H27N3O9/c1-2-29-16(26)12-30-18(27)17-22-19(24-33-17)21(9-8-15(10-25)32-13-21)23-20(28)31-11-14-6-4-3-5-7-14/h3-7,15,17,25H,2,8-13H2,1H3,(H,22,24)(H,23,28)/t15-,17?,21+/m1/s1. The normalized spacial score (nSPS) is 24.2. The van der Waals surface area contributed by atoms with Gasteiger partial charge in [0.15, 0.2) is 12.4 Å². The van der Waals surface area contributed by atoms with Crippen molar-refractivity contribution in [1.82, 2.24) is 10.8 Å². The summed E-state index contributed by atoms with van der Waals surface area (Å²) in [6.45, 7) is 1.05. The van der Waals surface area contributed by atoms with Crippen LogP contribution in [0.3, 0.4) is 0 Å². The highest BCUT2D eigenvalue weighted by Crippen LogP contribution is 2.27. The zero-order valence-electron chi connectivity index (χ0n) is 18.2. The van der Waals surface area contributed by atoms with Crippen molar-refractivity contribution in [3.63, 3.8) is 0 Å².